The molecule has 0 spiro atoms. The van der Waals surface area contributed by atoms with Gasteiger partial charge in [0.2, 0.25) is 47.3 Å². The number of ether oxygens (including phenoxy) is 5. The third-order valence-electron chi connectivity index (χ3n) is 18.0. The lowest BCUT2D eigenvalue weighted by Gasteiger charge is -2.38. The summed E-state index contributed by atoms with van der Waals surface area (Å²) in [4.78, 5) is 233. The van der Waals surface area contributed by atoms with Gasteiger partial charge in [-0.1, -0.05) is 90.6 Å². The number of hydrogen-bond donors (Lipinski definition) is 10. The number of nitrogens with zero attached hydrogens (tertiary/aromatic N) is 4. The van der Waals surface area contributed by atoms with Gasteiger partial charge in [0.25, 0.3) is 23.6 Å². The predicted molar refractivity (Wildman–Crippen MR) is 398 cm³/mol. The summed E-state index contributed by atoms with van der Waals surface area (Å²) in [5.41, 5.74) is 5.53. The van der Waals surface area contributed by atoms with Crippen molar-refractivity contribution in [3.63, 3.8) is 0 Å². The molecule has 38 nitrogen and oxygen atoms in total. The number of amides is 14. The fraction of sp³-hybridized carbons (Fsp3) is 0.562. The molecule has 0 aromatic heterocycles. The third-order valence-corrected chi connectivity index (χ3v) is 19.0. The lowest BCUT2D eigenvalue weighted by atomic mass is 9.95. The Morgan fingerprint density at radius 3 is 1.90 bits per heavy atom. The molecule has 2 aromatic rings. The Morgan fingerprint density at radius 2 is 1.34 bits per heavy atom. The van der Waals surface area contributed by atoms with Crippen molar-refractivity contribution in [3.05, 3.63) is 90.2 Å². The fourth-order valence-electron chi connectivity index (χ4n) is 11.4. The van der Waals surface area contributed by atoms with E-state index in [4.69, 9.17) is 38.5 Å². The quantitative estimate of drug-likeness (QED) is 0.0113. The summed E-state index contributed by atoms with van der Waals surface area (Å²) in [6.07, 6.45) is -6.52. The number of urea groups is 1. The van der Waals surface area contributed by atoms with E-state index in [-0.39, 0.29) is 63.2 Å². The van der Waals surface area contributed by atoms with E-state index in [1.807, 2.05) is 0 Å². The van der Waals surface area contributed by atoms with Crippen LogP contribution in [-0.2, 0) is 122 Å². The van der Waals surface area contributed by atoms with E-state index in [1.54, 1.807) is 44.2 Å². The molecule has 112 heavy (non-hydrogen) atoms. The number of carbonyl (C=O) groups is 16. The number of nitrogens with one attached hydrogen (secondary N) is 8. The summed E-state index contributed by atoms with van der Waals surface area (Å²) in [6, 6.07) is -0.295. The summed E-state index contributed by atoms with van der Waals surface area (Å²) in [7, 11) is -0.730. The molecule has 0 aliphatic carbocycles. The fourth-order valence-corrected chi connectivity index (χ4v) is 12.4. The molecule has 0 radical (unpaired) electrons. The molecule has 11 N–H and O–H groups in total. The lowest BCUT2D eigenvalue weighted by Crippen LogP contribution is -2.63. The number of anilines is 1. The number of hydrogen-bond acceptors (Lipinski definition) is 24. The van der Waals surface area contributed by atoms with E-state index in [0.29, 0.717) is 5.56 Å². The molecule has 0 saturated carbocycles. The van der Waals surface area contributed by atoms with Gasteiger partial charge in [-0.25, -0.2) is 23.7 Å². The number of nitrogens with two attached hydrogens (primary N) is 1. The molecule has 1 unspecified atom stereocenters. The van der Waals surface area contributed by atoms with Crippen LogP contribution in [0.25, 0.3) is 0 Å². The average molecular weight is 1600 g/mol. The van der Waals surface area contributed by atoms with Gasteiger partial charge in [-0.05, 0) is 81.5 Å². The first-order valence-corrected chi connectivity index (χ1v) is 37.5. The van der Waals surface area contributed by atoms with E-state index in [0.717, 1.165) is 59.7 Å². The first-order valence-electron chi connectivity index (χ1n) is 36.0. The van der Waals surface area contributed by atoms with Gasteiger partial charge in [0, 0.05) is 79.3 Å². The molecule has 39 heteroatoms. The van der Waals surface area contributed by atoms with Gasteiger partial charge in [-0.2, -0.15) is 0 Å². The van der Waals surface area contributed by atoms with E-state index >= 15 is 4.79 Å². The maximum Gasteiger partial charge on any atom is 0.472 e. The summed E-state index contributed by atoms with van der Waals surface area (Å²) >= 11 is 0. The normalized spacial score (nSPS) is 21.5. The molecule has 2 heterocycles. The predicted octanol–water partition coefficient (Wildman–Crippen LogP) is 0.0365. The molecule has 2 aliphatic rings. The third kappa shape index (κ3) is 28.3. The molecule has 2 aliphatic heterocycles. The van der Waals surface area contributed by atoms with E-state index in [9.17, 15) is 81.4 Å². The Morgan fingerprint density at radius 1 is 0.714 bits per heavy atom. The first-order chi connectivity index (χ1) is 52.4. The standard InChI is InChI=1S/C73H106N13O25P/c1-38(2)56(81-53(89)31-34-106-35-33-86-54(90)29-30-55(86)91)66(95)80-51(24-21-32-75-73(74)102)65(94)79-50-27-25-49(26-28-50)37-107-112(103,104)111-62(40(5)6)59(78-47(13)88)71(100)110-61(39(3)4)58-69(98)85(16)60(45(11)105-17)72(101)108-44(10)57(77-46(12)87)70(99)109-52(36-48-22-19-18-20-23-48)68(97)84(15)42(8)63(92)76-41(7)67(96)83(14)43(9)64(93)82-58/h18-20,22-23,25-30,38-41,43-45,51-52,56-62H,8,21,24,31-37H2,1-7,9-17H3,(H,76,92)(H,77,87)(H,78,88)(H,79,94)(H,80,95)(H,81,89)(H,82,93)(H,103,104)(H3,74,75,102)/t41-,43-,44+,45+,51-,52+,56-,57-,58-,59-,60-,61+,62+/m0/s1. The van der Waals surface area contributed by atoms with Gasteiger partial charge < -0.3 is 91.5 Å². The molecule has 14 atom stereocenters. The Labute approximate surface area is 649 Å². The monoisotopic (exact) mass is 1600 g/mol. The van der Waals surface area contributed by atoms with Gasteiger partial charge in [-0.15, -0.1) is 0 Å². The summed E-state index contributed by atoms with van der Waals surface area (Å²) < 4.78 is 53.9. The molecular weight excluding hydrogens is 1490 g/mol. The second kappa shape index (κ2) is 43.9. The first kappa shape index (κ1) is 93.8. The number of imide groups is 1. The largest absolute Gasteiger partial charge is 0.472 e. The molecule has 14 amide bonds. The highest BCUT2D eigenvalue weighted by atomic mass is 31.2. The average Bonchev–Trinajstić information content (AvgIpc) is 0.879. The highest BCUT2D eigenvalue weighted by Gasteiger charge is 2.48. The Kier molecular flexibility index (Phi) is 36.8. The van der Waals surface area contributed by atoms with Crippen LogP contribution in [0.4, 0.5) is 10.5 Å². The number of likely N-dealkylation sites (N-methyl/N-ethyl adjacent to an activating group) is 3. The number of carbonyl (C=O) groups excluding carboxylic acids is 16. The number of primary amides is 1. The van der Waals surface area contributed by atoms with E-state index in [1.165, 1.54) is 93.8 Å². The molecule has 618 valence electrons. The smallest absolute Gasteiger partial charge is 0.458 e. The number of phosphoric ester groups is 1. The van der Waals surface area contributed by atoms with Crippen molar-refractivity contribution in [3.8, 4) is 0 Å². The zero-order valence-electron chi connectivity index (χ0n) is 65.7. The minimum absolute atomic E-state index is 0.0186. The van der Waals surface area contributed by atoms with Crippen LogP contribution in [0.1, 0.15) is 113 Å². The molecule has 4 rings (SSSR count). The molecular formula is C73H106N13O25P. The molecule has 2 aromatic carbocycles. The molecule has 0 bridgehead atoms. The van der Waals surface area contributed by atoms with Crippen LogP contribution < -0.4 is 48.3 Å². The Balaban J connectivity index is 1.65. The topological polar surface area (TPSA) is 510 Å². The van der Waals surface area contributed by atoms with Gasteiger partial charge in [0.15, 0.2) is 24.2 Å². The van der Waals surface area contributed by atoms with Crippen LogP contribution in [0.15, 0.2) is 79.0 Å². The second-order valence-corrected chi connectivity index (χ2v) is 29.2. The van der Waals surface area contributed by atoms with Crippen molar-refractivity contribution in [2.45, 2.75) is 194 Å². The van der Waals surface area contributed by atoms with Crippen LogP contribution in [0, 0.1) is 17.8 Å². The number of benzene rings is 2. The summed E-state index contributed by atoms with van der Waals surface area (Å²) in [5.74, 6) is -16.5. The zero-order chi connectivity index (χ0) is 84.3. The van der Waals surface area contributed by atoms with Gasteiger partial charge in [0.05, 0.1) is 32.5 Å². The van der Waals surface area contributed by atoms with E-state index < -0.39 is 212 Å². The molecule has 1 fully saturated rings. The highest BCUT2D eigenvalue weighted by Crippen LogP contribution is 2.47. The minimum Gasteiger partial charge on any atom is -0.458 e. The van der Waals surface area contributed by atoms with Crippen LogP contribution in [0.3, 0.4) is 0 Å². The number of phosphoric acid groups is 1. The number of rotatable bonds is 33. The van der Waals surface area contributed by atoms with Crippen LogP contribution >= 0.6 is 7.82 Å². The minimum atomic E-state index is -5.33. The maximum absolute atomic E-state index is 15.5. The van der Waals surface area contributed by atoms with Gasteiger partial charge in [0.1, 0.15) is 54.2 Å². The number of methoxy groups -OCH3 is 1. The second-order valence-electron chi connectivity index (χ2n) is 27.8. The van der Waals surface area contributed by atoms with Crippen molar-refractivity contribution in [2.24, 2.45) is 23.5 Å². The van der Waals surface area contributed by atoms with Crippen molar-refractivity contribution in [1.82, 2.24) is 56.8 Å². The van der Waals surface area contributed by atoms with Crippen LogP contribution in [-0.4, -0.2) is 253 Å². The van der Waals surface area contributed by atoms with Crippen LogP contribution in [0.5, 0.6) is 0 Å². The van der Waals surface area contributed by atoms with E-state index in [2.05, 4.69) is 49.1 Å². The lowest BCUT2D eigenvalue weighted by molar-refractivity contribution is -0.174. The van der Waals surface area contributed by atoms with Gasteiger partial charge in [-0.3, -0.25) is 71.5 Å². The van der Waals surface area contributed by atoms with Crippen molar-refractivity contribution < 1.29 is 119 Å². The number of esters is 3. The highest BCUT2D eigenvalue weighted by molar-refractivity contribution is 7.47. The van der Waals surface area contributed by atoms with Crippen molar-refractivity contribution >= 4 is 108 Å². The number of cyclic esters (lactones) is 2. The SMILES string of the molecule is C=C1C(=O)N[C@@H](C)C(=O)N(C)[C@@H](C)C(=O)N[C@@H]([C@H](OC(=O)[C@@H](NC(C)=O)[C@H](OP(=O)(O)OCc2ccc(NC(=O)[C@H](CCCNC(N)=O)NC(=O)[C@@H](NC(=O)CCOCCN3C(=O)C=CC3=O)C(C)C)cc2)C(C)C)C(C)C)C(=O)N(C)[C@@H]([C@@H](C)OC)C(=O)O[C@H](C)[C@H](NC(C)=O)C(=O)O[C@H](Cc2ccccc2)C(=O)N1C. The van der Waals surface area contributed by atoms with Crippen molar-refractivity contribution in [2.75, 3.05) is 59.9 Å². The molecule has 1 saturated heterocycles. The van der Waals surface area contributed by atoms with Gasteiger partial charge >= 0.3 is 31.8 Å². The van der Waals surface area contributed by atoms with Crippen molar-refractivity contribution in [1.29, 1.82) is 0 Å². The Bertz CT molecular complexity index is 3810. The van der Waals surface area contributed by atoms with Crippen LogP contribution in [0.2, 0.25) is 0 Å². The summed E-state index contributed by atoms with van der Waals surface area (Å²) in [6.45, 7) is 19.1. The summed E-state index contributed by atoms with van der Waals surface area (Å²) in [5, 5.41) is 20.1. The zero-order valence-corrected chi connectivity index (χ0v) is 66.6. The Hall–Kier alpha value is -10.5. The maximum atomic E-state index is 15.5.